The van der Waals surface area contributed by atoms with E-state index < -0.39 is 22.2 Å². The molecule has 0 radical (unpaired) electrons. The van der Waals surface area contributed by atoms with Crippen LogP contribution in [0.1, 0.15) is 5.56 Å². The number of aromatic hydroxyl groups is 1. The maximum atomic E-state index is 12.6. The molecule has 4 nitrogen and oxygen atoms in total. The first-order valence-corrected chi connectivity index (χ1v) is 3.16. The van der Waals surface area contributed by atoms with Gasteiger partial charge in [-0.25, -0.2) is 4.39 Å². The Morgan fingerprint density at radius 3 is 2.67 bits per heavy atom. The highest BCUT2D eigenvalue weighted by Gasteiger charge is 2.15. The quantitative estimate of drug-likeness (QED) is 0.517. The molecule has 0 unspecified atom stereocenters. The molecule has 0 spiro atoms. The Morgan fingerprint density at radius 2 is 2.17 bits per heavy atom. The standard InChI is InChI=1S/C7H6FNO3/c1-4-2-6(9(11)12)7(10)3-5(4)8/h2-3,10H,1H3. The van der Waals surface area contributed by atoms with Gasteiger partial charge in [0, 0.05) is 12.1 Å². The van der Waals surface area contributed by atoms with Crippen LogP contribution in [0.2, 0.25) is 0 Å². The lowest BCUT2D eigenvalue weighted by Crippen LogP contribution is -1.91. The first-order valence-electron chi connectivity index (χ1n) is 3.16. The SMILES string of the molecule is Cc1cc([N+](=O)[O-])c(O)cc1F. The minimum Gasteiger partial charge on any atom is -0.502 e. The van der Waals surface area contributed by atoms with E-state index in [4.69, 9.17) is 5.11 Å². The van der Waals surface area contributed by atoms with Crippen LogP contribution < -0.4 is 0 Å². The molecule has 64 valence electrons. The fraction of sp³-hybridized carbons (Fsp3) is 0.143. The van der Waals surface area contributed by atoms with Gasteiger partial charge in [-0.15, -0.1) is 0 Å². The van der Waals surface area contributed by atoms with Crippen LogP contribution in [0.25, 0.3) is 0 Å². The molecule has 1 aromatic rings. The summed E-state index contributed by atoms with van der Waals surface area (Å²) in [5.74, 6) is -1.30. The predicted octanol–water partition coefficient (Wildman–Crippen LogP) is 1.75. The number of rotatable bonds is 1. The van der Waals surface area contributed by atoms with Crippen LogP contribution in [0.3, 0.4) is 0 Å². The van der Waals surface area contributed by atoms with Crippen LogP contribution in [-0.2, 0) is 0 Å². The van der Waals surface area contributed by atoms with Crippen molar-refractivity contribution >= 4 is 5.69 Å². The van der Waals surface area contributed by atoms with Gasteiger partial charge >= 0.3 is 5.69 Å². The van der Waals surface area contributed by atoms with Crippen LogP contribution in [0.4, 0.5) is 10.1 Å². The second-order valence-corrected chi connectivity index (χ2v) is 2.35. The summed E-state index contributed by atoms with van der Waals surface area (Å²) in [5, 5.41) is 19.1. The molecule has 0 aliphatic carbocycles. The van der Waals surface area contributed by atoms with Crippen molar-refractivity contribution in [2.75, 3.05) is 0 Å². The fourth-order valence-electron chi connectivity index (χ4n) is 0.802. The number of hydrogen-bond donors (Lipinski definition) is 1. The first-order chi connectivity index (χ1) is 5.52. The van der Waals surface area contributed by atoms with Crippen molar-refractivity contribution in [3.8, 4) is 5.75 Å². The minimum atomic E-state index is -0.762. The van der Waals surface area contributed by atoms with Crippen molar-refractivity contribution in [3.63, 3.8) is 0 Å². The van der Waals surface area contributed by atoms with Gasteiger partial charge in [0.05, 0.1) is 4.92 Å². The summed E-state index contributed by atoms with van der Waals surface area (Å²) in [6.07, 6.45) is 0. The lowest BCUT2D eigenvalue weighted by molar-refractivity contribution is -0.386. The topological polar surface area (TPSA) is 63.4 Å². The highest BCUT2D eigenvalue weighted by atomic mass is 19.1. The molecule has 1 aromatic carbocycles. The van der Waals surface area contributed by atoms with Crippen molar-refractivity contribution in [3.05, 3.63) is 33.6 Å². The summed E-state index contributed by atoms with van der Waals surface area (Å²) >= 11 is 0. The summed E-state index contributed by atoms with van der Waals surface area (Å²) in [6.45, 7) is 1.39. The Kier molecular flexibility index (Phi) is 1.95. The maximum Gasteiger partial charge on any atom is 0.311 e. The van der Waals surface area contributed by atoms with E-state index in [-0.39, 0.29) is 5.56 Å². The number of phenolic OH excluding ortho intramolecular Hbond substituents is 1. The highest BCUT2D eigenvalue weighted by Crippen LogP contribution is 2.27. The molecule has 0 heterocycles. The summed E-state index contributed by atoms with van der Waals surface area (Å²) in [5.41, 5.74) is -0.339. The first kappa shape index (κ1) is 8.45. The second kappa shape index (κ2) is 2.77. The number of nitro groups is 1. The van der Waals surface area contributed by atoms with Gasteiger partial charge in [0.15, 0.2) is 5.75 Å². The summed E-state index contributed by atoms with van der Waals surface area (Å²) in [7, 11) is 0. The molecule has 0 aliphatic rings. The van der Waals surface area contributed by atoms with Crippen LogP contribution in [-0.4, -0.2) is 10.0 Å². The van der Waals surface area contributed by atoms with Crippen LogP contribution in [0.5, 0.6) is 5.75 Å². The van der Waals surface area contributed by atoms with Crippen molar-refractivity contribution < 1.29 is 14.4 Å². The van der Waals surface area contributed by atoms with E-state index in [0.29, 0.717) is 0 Å². The molecule has 1 rings (SSSR count). The molecule has 0 saturated carbocycles. The molecule has 0 aliphatic heterocycles. The lowest BCUT2D eigenvalue weighted by atomic mass is 10.2. The number of phenols is 1. The third-order valence-electron chi connectivity index (χ3n) is 1.45. The molecule has 0 aromatic heterocycles. The van der Waals surface area contributed by atoms with Gasteiger partial charge < -0.3 is 5.11 Å². The smallest absolute Gasteiger partial charge is 0.311 e. The lowest BCUT2D eigenvalue weighted by Gasteiger charge is -1.98. The Morgan fingerprint density at radius 1 is 1.58 bits per heavy atom. The van der Waals surface area contributed by atoms with Crippen LogP contribution in [0, 0.1) is 22.9 Å². The van der Waals surface area contributed by atoms with Gasteiger partial charge in [-0.1, -0.05) is 0 Å². The van der Waals surface area contributed by atoms with E-state index in [1.54, 1.807) is 0 Å². The van der Waals surface area contributed by atoms with Crippen molar-refractivity contribution in [1.82, 2.24) is 0 Å². The number of nitrogens with zero attached hydrogens (tertiary/aromatic N) is 1. The van der Waals surface area contributed by atoms with Crippen molar-refractivity contribution in [2.45, 2.75) is 6.92 Å². The molecular formula is C7H6FNO3. The Bertz CT molecular complexity index is 338. The number of halogens is 1. The number of aryl methyl sites for hydroxylation is 1. The molecule has 0 saturated heterocycles. The Balaban J connectivity index is 3.33. The number of hydrogen-bond acceptors (Lipinski definition) is 3. The normalized spacial score (nSPS) is 9.83. The Hall–Kier alpha value is -1.65. The highest BCUT2D eigenvalue weighted by molar-refractivity contribution is 5.47. The maximum absolute atomic E-state index is 12.6. The zero-order chi connectivity index (χ0) is 9.30. The molecule has 1 N–H and O–H groups in total. The molecule has 0 atom stereocenters. The van der Waals surface area contributed by atoms with Gasteiger partial charge in [-0.2, -0.15) is 0 Å². The van der Waals surface area contributed by atoms with Crippen LogP contribution >= 0.6 is 0 Å². The largest absolute Gasteiger partial charge is 0.502 e. The van der Waals surface area contributed by atoms with E-state index in [1.165, 1.54) is 6.92 Å². The van der Waals surface area contributed by atoms with E-state index in [2.05, 4.69) is 0 Å². The van der Waals surface area contributed by atoms with E-state index in [1.807, 2.05) is 0 Å². The summed E-state index contributed by atoms with van der Waals surface area (Å²) in [6, 6.07) is 1.72. The average Bonchev–Trinajstić information content (AvgIpc) is 1.96. The van der Waals surface area contributed by atoms with Gasteiger partial charge in [0.1, 0.15) is 5.82 Å². The van der Waals surface area contributed by atoms with Gasteiger partial charge in [-0.3, -0.25) is 10.1 Å². The molecule has 5 heteroatoms. The number of benzene rings is 1. The van der Waals surface area contributed by atoms with Gasteiger partial charge in [0.25, 0.3) is 0 Å². The monoisotopic (exact) mass is 171 g/mol. The summed E-state index contributed by atoms with van der Waals surface area (Å²) in [4.78, 5) is 9.45. The van der Waals surface area contributed by atoms with Gasteiger partial charge in [0.2, 0.25) is 0 Å². The summed E-state index contributed by atoms with van der Waals surface area (Å²) < 4.78 is 12.6. The molecule has 0 fully saturated rings. The fourth-order valence-corrected chi connectivity index (χ4v) is 0.802. The van der Waals surface area contributed by atoms with E-state index >= 15 is 0 Å². The zero-order valence-electron chi connectivity index (χ0n) is 6.24. The minimum absolute atomic E-state index is 0.138. The molecule has 0 amide bonds. The predicted molar refractivity (Wildman–Crippen MR) is 39.5 cm³/mol. The van der Waals surface area contributed by atoms with Crippen molar-refractivity contribution in [1.29, 1.82) is 0 Å². The van der Waals surface area contributed by atoms with E-state index in [9.17, 15) is 14.5 Å². The van der Waals surface area contributed by atoms with E-state index in [0.717, 1.165) is 12.1 Å². The average molecular weight is 171 g/mol. The van der Waals surface area contributed by atoms with Gasteiger partial charge in [-0.05, 0) is 12.5 Å². The molecule has 0 bridgehead atoms. The molecular weight excluding hydrogens is 165 g/mol. The second-order valence-electron chi connectivity index (χ2n) is 2.35. The molecule has 12 heavy (non-hydrogen) atoms. The van der Waals surface area contributed by atoms with Crippen molar-refractivity contribution in [2.24, 2.45) is 0 Å². The zero-order valence-corrected chi connectivity index (χ0v) is 6.24. The Labute approximate surface area is 67.4 Å². The third kappa shape index (κ3) is 1.34. The third-order valence-corrected chi connectivity index (χ3v) is 1.45. The number of nitro benzene ring substituents is 1. The van der Waals surface area contributed by atoms with Crippen LogP contribution in [0.15, 0.2) is 12.1 Å².